The normalized spacial score (nSPS) is 19.7. The van der Waals surface area contributed by atoms with Crippen LogP contribution >= 0.6 is 11.6 Å². The molecule has 0 bridgehead atoms. The zero-order valence-electron chi connectivity index (χ0n) is 17.5. The van der Waals surface area contributed by atoms with Crippen molar-refractivity contribution in [3.05, 3.63) is 46.9 Å². The van der Waals surface area contributed by atoms with Crippen LogP contribution < -0.4 is 10.2 Å². The largest absolute Gasteiger partial charge is 0.367 e. The number of hydrogen-bond donors (Lipinski definition) is 1. The highest BCUT2D eigenvalue weighted by atomic mass is 35.5. The quantitative estimate of drug-likeness (QED) is 0.531. The summed E-state index contributed by atoms with van der Waals surface area (Å²) in [5, 5.41) is 9.71. The van der Waals surface area contributed by atoms with E-state index in [4.69, 9.17) is 16.6 Å². The van der Waals surface area contributed by atoms with Gasteiger partial charge in [-0.2, -0.15) is 5.10 Å². The molecule has 4 aromatic rings. The molecule has 2 atom stereocenters. The van der Waals surface area contributed by atoms with Crippen LogP contribution in [0.15, 0.2) is 30.6 Å². The summed E-state index contributed by atoms with van der Waals surface area (Å²) in [4.78, 5) is 16.3. The summed E-state index contributed by atoms with van der Waals surface area (Å²) in [6.07, 6.45) is 3.80. The minimum Gasteiger partial charge on any atom is -0.367 e. The standard InChI is InChI=1S/C22H24ClN7/c1-12-5-20(28-30-11-15(4)26-22(12)30)19-7-18(23)17-6-16(8-24-21(17)27-19)29-9-13(2)25-14(3)10-29/h5-8,11,13-14,25H,9-10H2,1-4H3/t13-,14+. The highest BCUT2D eigenvalue weighted by Crippen LogP contribution is 2.30. The van der Waals surface area contributed by atoms with E-state index in [9.17, 15) is 0 Å². The van der Waals surface area contributed by atoms with Crippen LogP contribution in [0, 0.1) is 13.8 Å². The Morgan fingerprint density at radius 2 is 1.80 bits per heavy atom. The molecule has 0 amide bonds. The van der Waals surface area contributed by atoms with E-state index in [2.05, 4.69) is 45.2 Å². The molecule has 1 aliphatic heterocycles. The molecule has 1 saturated heterocycles. The third-order valence-corrected chi connectivity index (χ3v) is 5.83. The van der Waals surface area contributed by atoms with Crippen molar-refractivity contribution in [2.75, 3.05) is 18.0 Å². The summed E-state index contributed by atoms with van der Waals surface area (Å²) >= 11 is 6.68. The van der Waals surface area contributed by atoms with Gasteiger partial charge in [0.05, 0.1) is 34.5 Å². The van der Waals surface area contributed by atoms with Crippen LogP contribution in [0.5, 0.6) is 0 Å². The number of nitrogens with one attached hydrogen (secondary N) is 1. The summed E-state index contributed by atoms with van der Waals surface area (Å²) in [5.74, 6) is 0. The van der Waals surface area contributed by atoms with E-state index in [1.165, 1.54) is 0 Å². The van der Waals surface area contributed by atoms with E-state index in [1.54, 1.807) is 4.52 Å². The number of imidazole rings is 1. The van der Waals surface area contributed by atoms with Gasteiger partial charge in [-0.05, 0) is 51.5 Å². The number of rotatable bonds is 2. The number of aromatic nitrogens is 5. The number of pyridine rings is 2. The lowest BCUT2D eigenvalue weighted by Gasteiger charge is -2.37. The number of aryl methyl sites for hydroxylation is 2. The Hall–Kier alpha value is -2.77. The second kappa shape index (κ2) is 7.18. The van der Waals surface area contributed by atoms with Crippen molar-refractivity contribution in [2.45, 2.75) is 39.8 Å². The molecular formula is C22H24ClN7. The summed E-state index contributed by atoms with van der Waals surface area (Å²) in [5.41, 5.74) is 5.97. The molecule has 154 valence electrons. The molecule has 8 heteroatoms. The number of nitrogens with zero attached hydrogens (tertiary/aromatic N) is 6. The molecule has 0 radical (unpaired) electrons. The molecule has 30 heavy (non-hydrogen) atoms. The van der Waals surface area contributed by atoms with Gasteiger partial charge in [0.1, 0.15) is 5.69 Å². The second-order valence-corrected chi connectivity index (χ2v) is 8.70. The van der Waals surface area contributed by atoms with Crippen LogP contribution in [-0.2, 0) is 0 Å². The van der Waals surface area contributed by atoms with Crippen molar-refractivity contribution in [3.8, 4) is 11.4 Å². The predicted molar refractivity (Wildman–Crippen MR) is 120 cm³/mol. The lowest BCUT2D eigenvalue weighted by atomic mass is 10.1. The molecule has 0 spiro atoms. The molecule has 0 aromatic carbocycles. The van der Waals surface area contributed by atoms with Gasteiger partial charge in [0.15, 0.2) is 11.3 Å². The van der Waals surface area contributed by atoms with Crippen LogP contribution in [0.2, 0.25) is 5.02 Å². The third kappa shape index (κ3) is 3.38. The third-order valence-electron chi connectivity index (χ3n) is 5.51. The molecule has 4 aromatic heterocycles. The van der Waals surface area contributed by atoms with Crippen molar-refractivity contribution in [1.82, 2.24) is 29.9 Å². The average molecular weight is 422 g/mol. The Balaban J connectivity index is 1.56. The van der Waals surface area contributed by atoms with Crippen LogP contribution in [-0.4, -0.2) is 49.7 Å². The fraction of sp³-hybridized carbons (Fsp3) is 0.364. The lowest BCUT2D eigenvalue weighted by Crippen LogP contribution is -2.54. The van der Waals surface area contributed by atoms with Gasteiger partial charge < -0.3 is 10.2 Å². The average Bonchev–Trinajstić information content (AvgIpc) is 3.08. The van der Waals surface area contributed by atoms with Gasteiger partial charge in [0, 0.05) is 30.6 Å². The molecule has 5 heterocycles. The van der Waals surface area contributed by atoms with Crippen molar-refractivity contribution < 1.29 is 0 Å². The molecule has 0 aliphatic carbocycles. The van der Waals surface area contributed by atoms with E-state index in [1.807, 2.05) is 38.4 Å². The van der Waals surface area contributed by atoms with Crippen molar-refractivity contribution in [1.29, 1.82) is 0 Å². The highest BCUT2D eigenvalue weighted by Gasteiger charge is 2.22. The zero-order chi connectivity index (χ0) is 21.0. The summed E-state index contributed by atoms with van der Waals surface area (Å²) in [6.45, 7) is 10.3. The Morgan fingerprint density at radius 3 is 2.57 bits per heavy atom. The smallest absolute Gasteiger partial charge is 0.161 e. The predicted octanol–water partition coefficient (Wildman–Crippen LogP) is 3.80. The van der Waals surface area contributed by atoms with Gasteiger partial charge in [-0.3, -0.25) is 0 Å². The topological polar surface area (TPSA) is 71.2 Å². The van der Waals surface area contributed by atoms with E-state index >= 15 is 0 Å². The number of halogens is 1. The molecule has 1 fully saturated rings. The SMILES string of the molecule is Cc1cn2nc(-c3cc(Cl)c4cc(N5C[C@@H](C)N[C@@H](C)C5)cnc4n3)cc(C)c2n1. The highest BCUT2D eigenvalue weighted by molar-refractivity contribution is 6.35. The first-order valence-electron chi connectivity index (χ1n) is 10.2. The maximum atomic E-state index is 6.68. The van der Waals surface area contributed by atoms with Crippen LogP contribution in [0.3, 0.4) is 0 Å². The van der Waals surface area contributed by atoms with Gasteiger partial charge in [-0.15, -0.1) is 0 Å². The summed E-state index contributed by atoms with van der Waals surface area (Å²) in [6, 6.07) is 6.81. The molecule has 0 saturated carbocycles. The van der Waals surface area contributed by atoms with E-state index in [0.717, 1.165) is 46.8 Å². The number of anilines is 1. The molecular weight excluding hydrogens is 398 g/mol. The molecule has 5 rings (SSSR count). The van der Waals surface area contributed by atoms with Crippen molar-refractivity contribution in [3.63, 3.8) is 0 Å². The van der Waals surface area contributed by atoms with Crippen LogP contribution in [0.1, 0.15) is 25.1 Å². The molecule has 1 aliphatic rings. The fourth-order valence-electron chi connectivity index (χ4n) is 4.27. The van der Waals surface area contributed by atoms with Gasteiger partial charge in [-0.25, -0.2) is 19.5 Å². The van der Waals surface area contributed by atoms with E-state index in [0.29, 0.717) is 28.4 Å². The minimum absolute atomic E-state index is 0.427. The Bertz CT molecular complexity index is 1260. The minimum atomic E-state index is 0.427. The van der Waals surface area contributed by atoms with Crippen LogP contribution in [0.4, 0.5) is 5.69 Å². The van der Waals surface area contributed by atoms with Gasteiger partial charge in [-0.1, -0.05) is 11.6 Å². The van der Waals surface area contributed by atoms with Crippen LogP contribution in [0.25, 0.3) is 28.1 Å². The first-order valence-corrected chi connectivity index (χ1v) is 10.6. The maximum absolute atomic E-state index is 6.68. The number of fused-ring (bicyclic) bond motifs is 2. The Morgan fingerprint density at radius 1 is 1.03 bits per heavy atom. The number of hydrogen-bond acceptors (Lipinski definition) is 6. The Labute approximate surface area is 180 Å². The molecule has 7 nitrogen and oxygen atoms in total. The van der Waals surface area contributed by atoms with Gasteiger partial charge >= 0.3 is 0 Å². The summed E-state index contributed by atoms with van der Waals surface area (Å²) in [7, 11) is 0. The maximum Gasteiger partial charge on any atom is 0.161 e. The lowest BCUT2D eigenvalue weighted by molar-refractivity contribution is 0.407. The molecule has 1 N–H and O–H groups in total. The monoisotopic (exact) mass is 421 g/mol. The van der Waals surface area contributed by atoms with Gasteiger partial charge in [0.2, 0.25) is 0 Å². The van der Waals surface area contributed by atoms with Gasteiger partial charge in [0.25, 0.3) is 0 Å². The van der Waals surface area contributed by atoms with Crippen molar-refractivity contribution >= 4 is 34.0 Å². The van der Waals surface area contributed by atoms with E-state index in [-0.39, 0.29) is 0 Å². The fourth-order valence-corrected chi connectivity index (χ4v) is 4.51. The second-order valence-electron chi connectivity index (χ2n) is 8.29. The first-order chi connectivity index (χ1) is 14.4. The number of piperazine rings is 1. The first kappa shape index (κ1) is 19.2. The van der Waals surface area contributed by atoms with Crippen molar-refractivity contribution in [2.24, 2.45) is 0 Å². The Kier molecular flexibility index (Phi) is 4.60. The zero-order valence-corrected chi connectivity index (χ0v) is 18.3. The van der Waals surface area contributed by atoms with E-state index < -0.39 is 0 Å². The summed E-state index contributed by atoms with van der Waals surface area (Å²) < 4.78 is 1.79. The molecule has 0 unspecified atom stereocenters.